The number of hydrogen-bond donors (Lipinski definition) is 0. The molecule has 0 N–H and O–H groups in total. The van der Waals surface area contributed by atoms with Gasteiger partial charge in [0.1, 0.15) is 11.4 Å². The first-order chi connectivity index (χ1) is 9.38. The first kappa shape index (κ1) is 14.4. The molecule has 1 radical (unpaired) electrons. The van der Waals surface area contributed by atoms with Crippen molar-refractivity contribution in [1.82, 2.24) is 4.90 Å². The van der Waals surface area contributed by atoms with Crippen LogP contribution < -0.4 is 4.74 Å². The van der Waals surface area contributed by atoms with E-state index in [0.717, 1.165) is 11.3 Å². The minimum absolute atomic E-state index is 0.0137. The first-order valence-electron chi connectivity index (χ1n) is 6.74. The second-order valence-corrected chi connectivity index (χ2v) is 5.49. The molecule has 1 aliphatic rings. The van der Waals surface area contributed by atoms with Crippen molar-refractivity contribution in [3.63, 3.8) is 0 Å². The molecule has 1 heterocycles. The summed E-state index contributed by atoms with van der Waals surface area (Å²) >= 11 is 0. The van der Waals surface area contributed by atoms with Crippen LogP contribution in [0, 0.1) is 17.8 Å². The third-order valence-electron chi connectivity index (χ3n) is 3.47. The van der Waals surface area contributed by atoms with Crippen molar-refractivity contribution in [2.45, 2.75) is 39.3 Å². The molecule has 4 nitrogen and oxygen atoms in total. The molecular weight excluding hydrogens is 252 g/mol. The van der Waals surface area contributed by atoms with Crippen LogP contribution in [-0.2, 0) is 4.79 Å². The lowest BCUT2D eigenvalue weighted by atomic mass is 9.88. The fraction of sp³-hybridized carbons (Fsp3) is 0.438. The molecular formula is C16H19N2O2. The van der Waals surface area contributed by atoms with Gasteiger partial charge in [-0.15, -0.1) is 0 Å². The topological polar surface area (TPSA) is 53.3 Å². The van der Waals surface area contributed by atoms with E-state index in [9.17, 15) is 4.79 Å². The minimum Gasteiger partial charge on any atom is -0.487 e. The number of amides is 1. The summed E-state index contributed by atoms with van der Waals surface area (Å²) in [6.45, 7) is 8.06. The van der Waals surface area contributed by atoms with Gasteiger partial charge in [0.15, 0.2) is 0 Å². The van der Waals surface area contributed by atoms with Crippen LogP contribution in [0.2, 0.25) is 0 Å². The second-order valence-electron chi connectivity index (χ2n) is 5.49. The van der Waals surface area contributed by atoms with E-state index in [1.165, 1.54) is 0 Å². The van der Waals surface area contributed by atoms with E-state index in [4.69, 9.17) is 10.00 Å². The summed E-state index contributed by atoms with van der Waals surface area (Å²) in [4.78, 5) is 13.6. The maximum Gasteiger partial charge on any atom is 0.219 e. The smallest absolute Gasteiger partial charge is 0.219 e. The lowest BCUT2D eigenvalue weighted by molar-refractivity contribution is -0.131. The van der Waals surface area contributed by atoms with Crippen LogP contribution in [0.1, 0.15) is 44.9 Å². The summed E-state index contributed by atoms with van der Waals surface area (Å²) in [5, 5.41) is 9.05. The molecule has 1 aromatic rings. The van der Waals surface area contributed by atoms with Crippen molar-refractivity contribution in [1.29, 1.82) is 5.26 Å². The average Bonchev–Trinajstić information content (AvgIpc) is 2.37. The van der Waals surface area contributed by atoms with Crippen LogP contribution in [0.15, 0.2) is 18.2 Å². The number of nitriles is 1. The molecule has 20 heavy (non-hydrogen) atoms. The average molecular weight is 271 g/mol. The number of nitrogens with zero attached hydrogens (tertiary/aromatic N) is 2. The van der Waals surface area contributed by atoms with Gasteiger partial charge >= 0.3 is 0 Å². The summed E-state index contributed by atoms with van der Waals surface area (Å²) in [5.74, 6) is 0.751. The van der Waals surface area contributed by atoms with Crippen molar-refractivity contribution in [3.8, 4) is 11.8 Å². The molecule has 0 fully saturated rings. The highest BCUT2D eigenvalue weighted by Crippen LogP contribution is 2.42. The third kappa shape index (κ3) is 2.62. The summed E-state index contributed by atoms with van der Waals surface area (Å²) in [5.41, 5.74) is 1.000. The molecule has 0 aliphatic carbocycles. The molecule has 1 aromatic carbocycles. The highest BCUT2D eigenvalue weighted by atomic mass is 16.5. The van der Waals surface area contributed by atoms with E-state index in [0.29, 0.717) is 12.1 Å². The molecule has 0 spiro atoms. The van der Waals surface area contributed by atoms with Gasteiger partial charge in [-0.25, -0.2) is 0 Å². The van der Waals surface area contributed by atoms with E-state index in [1.807, 2.05) is 33.3 Å². The Labute approximate surface area is 120 Å². The van der Waals surface area contributed by atoms with Crippen molar-refractivity contribution in [3.05, 3.63) is 35.7 Å². The molecule has 2 rings (SSSR count). The maximum atomic E-state index is 11.8. The normalized spacial score (nSPS) is 19.4. The van der Waals surface area contributed by atoms with Crippen LogP contribution in [0.5, 0.6) is 5.75 Å². The highest BCUT2D eigenvalue weighted by Gasteiger charge is 2.37. The van der Waals surface area contributed by atoms with Crippen LogP contribution in [-0.4, -0.2) is 23.0 Å². The van der Waals surface area contributed by atoms with Gasteiger partial charge in [-0.3, -0.25) is 4.79 Å². The number of fused-ring (bicyclic) bond motifs is 1. The van der Waals surface area contributed by atoms with Gasteiger partial charge < -0.3 is 9.64 Å². The van der Waals surface area contributed by atoms with E-state index in [1.54, 1.807) is 24.0 Å². The summed E-state index contributed by atoms with van der Waals surface area (Å²) < 4.78 is 5.92. The van der Waals surface area contributed by atoms with Crippen molar-refractivity contribution in [2.75, 3.05) is 6.54 Å². The van der Waals surface area contributed by atoms with Gasteiger partial charge in [0.25, 0.3) is 0 Å². The number of hydrogen-bond acceptors (Lipinski definition) is 3. The molecule has 0 saturated carbocycles. The zero-order valence-corrected chi connectivity index (χ0v) is 12.3. The van der Waals surface area contributed by atoms with Crippen LogP contribution in [0.25, 0.3) is 0 Å². The van der Waals surface area contributed by atoms with Crippen LogP contribution in [0.3, 0.4) is 0 Å². The Balaban J connectivity index is 2.53. The predicted octanol–water partition coefficient (Wildman–Crippen LogP) is 2.84. The second kappa shape index (κ2) is 5.16. The van der Waals surface area contributed by atoms with Gasteiger partial charge in [-0.2, -0.15) is 5.26 Å². The Morgan fingerprint density at radius 1 is 1.50 bits per heavy atom. The summed E-state index contributed by atoms with van der Waals surface area (Å²) in [6.07, 6.45) is 2.02. The van der Waals surface area contributed by atoms with E-state index >= 15 is 0 Å². The zero-order valence-electron chi connectivity index (χ0n) is 12.3. The van der Waals surface area contributed by atoms with Crippen molar-refractivity contribution >= 4 is 5.91 Å². The van der Waals surface area contributed by atoms with Gasteiger partial charge in [-0.05, 0) is 39.0 Å². The molecule has 1 amide bonds. The Kier molecular flexibility index (Phi) is 3.71. The lowest BCUT2D eigenvalue weighted by Crippen LogP contribution is -2.43. The molecule has 0 saturated heterocycles. The van der Waals surface area contributed by atoms with Gasteiger partial charge in [0.2, 0.25) is 5.91 Å². The highest BCUT2D eigenvalue weighted by molar-refractivity contribution is 5.74. The molecule has 1 aliphatic heterocycles. The molecule has 1 atom stereocenters. The summed E-state index contributed by atoms with van der Waals surface area (Å²) in [7, 11) is 0. The van der Waals surface area contributed by atoms with E-state index < -0.39 is 5.60 Å². The SMILES string of the molecule is CCN(C(C)=O)C1[CH]C(C)(C)Oc2ccc(C#N)cc21. The summed E-state index contributed by atoms with van der Waals surface area (Å²) in [6, 6.07) is 7.32. The Hall–Kier alpha value is -2.02. The number of carbonyl (C=O) groups is 1. The molecule has 105 valence electrons. The fourth-order valence-corrected chi connectivity index (χ4v) is 2.60. The van der Waals surface area contributed by atoms with Crippen LogP contribution in [0.4, 0.5) is 0 Å². The molecule has 0 bridgehead atoms. The van der Waals surface area contributed by atoms with Gasteiger partial charge in [-0.1, -0.05) is 0 Å². The Morgan fingerprint density at radius 2 is 2.20 bits per heavy atom. The van der Waals surface area contributed by atoms with Crippen molar-refractivity contribution < 1.29 is 9.53 Å². The molecule has 4 heteroatoms. The molecule has 0 aromatic heterocycles. The maximum absolute atomic E-state index is 11.8. The first-order valence-corrected chi connectivity index (χ1v) is 6.74. The van der Waals surface area contributed by atoms with Gasteiger partial charge in [0, 0.05) is 25.5 Å². The fourth-order valence-electron chi connectivity index (χ4n) is 2.60. The largest absolute Gasteiger partial charge is 0.487 e. The Bertz CT molecular complexity index is 572. The minimum atomic E-state index is -0.450. The van der Waals surface area contributed by atoms with Gasteiger partial charge in [0.05, 0.1) is 17.7 Å². The Morgan fingerprint density at radius 3 is 2.75 bits per heavy atom. The lowest BCUT2D eigenvalue weighted by Gasteiger charge is -2.41. The van der Waals surface area contributed by atoms with E-state index in [2.05, 4.69) is 6.07 Å². The monoisotopic (exact) mass is 271 g/mol. The number of carbonyl (C=O) groups excluding carboxylic acids is 1. The standard InChI is InChI=1S/C16H19N2O2/c1-5-18(11(2)19)14-9-16(3,4)20-15-7-6-12(10-17)8-13(14)15/h6-9,14H,5H2,1-4H3. The zero-order chi connectivity index (χ0) is 14.9. The van der Waals surface area contributed by atoms with E-state index in [-0.39, 0.29) is 11.9 Å². The molecule has 1 unspecified atom stereocenters. The quantitative estimate of drug-likeness (QED) is 0.831. The predicted molar refractivity (Wildman–Crippen MR) is 76.0 cm³/mol. The number of ether oxygens (including phenoxy) is 1. The van der Waals surface area contributed by atoms with Crippen LogP contribution >= 0.6 is 0 Å². The van der Waals surface area contributed by atoms with Crippen molar-refractivity contribution in [2.24, 2.45) is 0 Å². The number of rotatable bonds is 2. The third-order valence-corrected chi connectivity index (χ3v) is 3.47. The number of benzene rings is 1.